The molecule has 1 aromatic heterocycles. The molecular weight excluding hydrogens is 340 g/mol. The van der Waals surface area contributed by atoms with Gasteiger partial charge in [0.1, 0.15) is 5.82 Å². The zero-order chi connectivity index (χ0) is 19.1. The van der Waals surface area contributed by atoms with E-state index >= 15 is 0 Å². The number of carbonyl (C=O) groups is 1. The molecule has 2 aromatic carbocycles. The van der Waals surface area contributed by atoms with Crippen molar-refractivity contribution in [1.29, 1.82) is 0 Å². The van der Waals surface area contributed by atoms with E-state index in [1.165, 1.54) is 12.7 Å². The molecule has 0 saturated carbocycles. The molecule has 0 bridgehead atoms. The number of hydrogen-bond acceptors (Lipinski definition) is 6. The first-order valence-corrected chi connectivity index (χ1v) is 8.73. The lowest BCUT2D eigenvalue weighted by molar-refractivity contribution is 0.0602. The topological polar surface area (TPSA) is 76.1 Å². The second kappa shape index (κ2) is 8.80. The third-order valence-corrected chi connectivity index (χ3v) is 4.00. The number of benzene rings is 2. The molecule has 6 heteroatoms. The number of hydrogen-bond donors (Lipinski definition) is 2. The molecule has 3 aromatic rings. The Balaban J connectivity index is 1.71. The van der Waals surface area contributed by atoms with Gasteiger partial charge in [-0.15, -0.1) is 0 Å². The van der Waals surface area contributed by atoms with Gasteiger partial charge in [0.25, 0.3) is 0 Å². The second-order valence-corrected chi connectivity index (χ2v) is 6.04. The standard InChI is InChI=1S/C21H22N4O2/c1-15-14-19(22-13-12-16-8-4-3-5-9-16)25-21(23-15)24-18-11-7-6-10-17(18)20(26)27-2/h3-11,14H,12-13H2,1-2H3,(H2,22,23,24,25). The van der Waals surface area contributed by atoms with Crippen molar-refractivity contribution in [2.75, 3.05) is 24.3 Å². The number of methoxy groups -OCH3 is 1. The van der Waals surface area contributed by atoms with E-state index in [2.05, 4.69) is 32.7 Å². The van der Waals surface area contributed by atoms with Gasteiger partial charge in [0.2, 0.25) is 5.95 Å². The zero-order valence-corrected chi connectivity index (χ0v) is 15.4. The number of aryl methyl sites for hydroxylation is 1. The van der Waals surface area contributed by atoms with Gasteiger partial charge >= 0.3 is 5.97 Å². The van der Waals surface area contributed by atoms with Crippen LogP contribution in [0.25, 0.3) is 0 Å². The van der Waals surface area contributed by atoms with Gasteiger partial charge in [0.05, 0.1) is 18.4 Å². The lowest BCUT2D eigenvalue weighted by Crippen LogP contribution is -2.10. The van der Waals surface area contributed by atoms with Crippen molar-refractivity contribution in [1.82, 2.24) is 9.97 Å². The molecule has 0 atom stereocenters. The van der Waals surface area contributed by atoms with Crippen LogP contribution >= 0.6 is 0 Å². The third kappa shape index (κ3) is 5.04. The predicted molar refractivity (Wildman–Crippen MR) is 106 cm³/mol. The summed E-state index contributed by atoms with van der Waals surface area (Å²) in [5.41, 5.74) is 3.13. The molecule has 0 saturated heterocycles. The average molecular weight is 362 g/mol. The first kappa shape index (κ1) is 18.4. The van der Waals surface area contributed by atoms with Gasteiger partial charge in [0.15, 0.2) is 0 Å². The van der Waals surface area contributed by atoms with Crippen LogP contribution in [-0.2, 0) is 11.2 Å². The summed E-state index contributed by atoms with van der Waals surface area (Å²) < 4.78 is 4.83. The van der Waals surface area contributed by atoms with Crippen molar-refractivity contribution in [2.24, 2.45) is 0 Å². The fourth-order valence-electron chi connectivity index (χ4n) is 2.70. The molecule has 0 aliphatic carbocycles. The smallest absolute Gasteiger partial charge is 0.339 e. The van der Waals surface area contributed by atoms with E-state index in [1.807, 2.05) is 37.3 Å². The number of rotatable bonds is 7. The highest BCUT2D eigenvalue weighted by Gasteiger charge is 2.12. The van der Waals surface area contributed by atoms with Crippen LogP contribution in [0.5, 0.6) is 0 Å². The molecular formula is C21H22N4O2. The van der Waals surface area contributed by atoms with Crippen LogP contribution in [0.15, 0.2) is 60.7 Å². The van der Waals surface area contributed by atoms with E-state index in [9.17, 15) is 4.79 Å². The summed E-state index contributed by atoms with van der Waals surface area (Å²) in [5, 5.41) is 6.44. The maximum Gasteiger partial charge on any atom is 0.339 e. The Bertz CT molecular complexity index is 913. The van der Waals surface area contributed by atoms with Crippen LogP contribution in [0.1, 0.15) is 21.6 Å². The summed E-state index contributed by atoms with van der Waals surface area (Å²) in [7, 11) is 1.36. The quantitative estimate of drug-likeness (QED) is 0.620. The number of ether oxygens (including phenoxy) is 1. The Kier molecular flexibility index (Phi) is 5.99. The molecule has 138 valence electrons. The van der Waals surface area contributed by atoms with Gasteiger partial charge in [-0.1, -0.05) is 42.5 Å². The van der Waals surface area contributed by atoms with Crippen molar-refractivity contribution in [3.63, 3.8) is 0 Å². The molecule has 0 amide bonds. The Labute approximate surface area is 158 Å². The van der Waals surface area contributed by atoms with Crippen LogP contribution in [0, 0.1) is 6.92 Å². The van der Waals surface area contributed by atoms with E-state index in [1.54, 1.807) is 18.2 Å². The molecule has 27 heavy (non-hydrogen) atoms. The Morgan fingerprint density at radius 3 is 2.56 bits per heavy atom. The van der Waals surface area contributed by atoms with Gasteiger partial charge < -0.3 is 15.4 Å². The first-order valence-electron chi connectivity index (χ1n) is 8.73. The minimum Gasteiger partial charge on any atom is -0.465 e. The summed E-state index contributed by atoms with van der Waals surface area (Å²) in [4.78, 5) is 20.8. The van der Waals surface area contributed by atoms with Crippen molar-refractivity contribution in [3.05, 3.63) is 77.5 Å². The van der Waals surface area contributed by atoms with Crippen LogP contribution in [0.2, 0.25) is 0 Å². The van der Waals surface area contributed by atoms with E-state index in [0.29, 0.717) is 17.2 Å². The highest BCUT2D eigenvalue weighted by Crippen LogP contribution is 2.20. The molecule has 1 heterocycles. The molecule has 0 aliphatic heterocycles. The molecule has 6 nitrogen and oxygen atoms in total. The number of aromatic nitrogens is 2. The number of para-hydroxylation sites is 1. The van der Waals surface area contributed by atoms with Crippen LogP contribution in [0.3, 0.4) is 0 Å². The second-order valence-electron chi connectivity index (χ2n) is 6.04. The number of anilines is 3. The third-order valence-electron chi connectivity index (χ3n) is 4.00. The zero-order valence-electron chi connectivity index (χ0n) is 15.4. The van der Waals surface area contributed by atoms with E-state index < -0.39 is 5.97 Å². The van der Waals surface area contributed by atoms with Crippen molar-refractivity contribution in [3.8, 4) is 0 Å². The van der Waals surface area contributed by atoms with Crippen molar-refractivity contribution >= 4 is 23.4 Å². The number of carbonyl (C=O) groups excluding carboxylic acids is 1. The Morgan fingerprint density at radius 2 is 1.78 bits per heavy atom. The largest absolute Gasteiger partial charge is 0.465 e. The fraction of sp³-hybridized carbons (Fsp3) is 0.190. The van der Waals surface area contributed by atoms with E-state index in [0.717, 1.165) is 24.5 Å². The van der Waals surface area contributed by atoms with Gasteiger partial charge in [-0.3, -0.25) is 0 Å². The number of esters is 1. The number of nitrogens with one attached hydrogen (secondary N) is 2. The molecule has 0 aliphatic rings. The molecule has 0 fully saturated rings. The first-order chi connectivity index (χ1) is 13.2. The van der Waals surface area contributed by atoms with E-state index in [4.69, 9.17) is 4.74 Å². The highest BCUT2D eigenvalue weighted by molar-refractivity contribution is 5.96. The Hall–Kier alpha value is -3.41. The molecule has 2 N–H and O–H groups in total. The Morgan fingerprint density at radius 1 is 1.04 bits per heavy atom. The van der Waals surface area contributed by atoms with Crippen LogP contribution in [-0.4, -0.2) is 29.6 Å². The monoisotopic (exact) mass is 362 g/mol. The summed E-state index contributed by atoms with van der Waals surface area (Å²) in [6, 6.07) is 19.3. The molecule has 0 radical (unpaired) electrons. The van der Waals surface area contributed by atoms with Crippen molar-refractivity contribution < 1.29 is 9.53 Å². The van der Waals surface area contributed by atoms with Gasteiger partial charge in [0, 0.05) is 18.3 Å². The lowest BCUT2D eigenvalue weighted by atomic mass is 10.1. The lowest BCUT2D eigenvalue weighted by Gasteiger charge is -2.12. The molecule has 3 rings (SSSR count). The van der Waals surface area contributed by atoms with Crippen LogP contribution in [0.4, 0.5) is 17.5 Å². The van der Waals surface area contributed by atoms with Crippen LogP contribution < -0.4 is 10.6 Å². The van der Waals surface area contributed by atoms with Gasteiger partial charge in [-0.2, -0.15) is 4.98 Å². The predicted octanol–water partition coefficient (Wildman–Crippen LogP) is 3.97. The van der Waals surface area contributed by atoms with Gasteiger partial charge in [-0.05, 0) is 31.0 Å². The maximum atomic E-state index is 11.9. The summed E-state index contributed by atoms with van der Waals surface area (Å²) >= 11 is 0. The summed E-state index contributed by atoms with van der Waals surface area (Å²) in [6.45, 7) is 2.67. The minimum atomic E-state index is -0.410. The summed E-state index contributed by atoms with van der Waals surface area (Å²) in [6.07, 6.45) is 0.901. The fourth-order valence-corrected chi connectivity index (χ4v) is 2.70. The number of nitrogens with zero attached hydrogens (tertiary/aromatic N) is 2. The minimum absolute atomic E-state index is 0.410. The summed E-state index contributed by atoms with van der Waals surface area (Å²) in [5.74, 6) is 0.747. The van der Waals surface area contributed by atoms with E-state index in [-0.39, 0.29) is 0 Å². The normalized spacial score (nSPS) is 10.3. The highest BCUT2D eigenvalue weighted by atomic mass is 16.5. The van der Waals surface area contributed by atoms with Crippen molar-refractivity contribution in [2.45, 2.75) is 13.3 Å². The SMILES string of the molecule is COC(=O)c1ccccc1Nc1nc(C)cc(NCCc2ccccc2)n1. The molecule has 0 spiro atoms. The average Bonchev–Trinajstić information content (AvgIpc) is 2.68. The molecule has 0 unspecified atom stereocenters. The maximum absolute atomic E-state index is 11.9. The van der Waals surface area contributed by atoms with Gasteiger partial charge in [-0.25, -0.2) is 9.78 Å².